The van der Waals surface area contributed by atoms with Crippen molar-refractivity contribution >= 4 is 0 Å². The van der Waals surface area contributed by atoms with E-state index in [0.29, 0.717) is 12.5 Å². The second-order valence-corrected chi connectivity index (χ2v) is 5.84. The Morgan fingerprint density at radius 2 is 2.18 bits per heavy atom. The van der Waals surface area contributed by atoms with Crippen molar-refractivity contribution in [2.45, 2.75) is 45.3 Å². The van der Waals surface area contributed by atoms with E-state index in [1.807, 2.05) is 6.92 Å². The molecule has 1 heterocycles. The topological polar surface area (TPSA) is 29.5 Å². The minimum Gasteiger partial charge on any atom is -0.383 e. The van der Waals surface area contributed by atoms with Crippen LogP contribution in [0.2, 0.25) is 0 Å². The zero-order valence-corrected chi connectivity index (χ0v) is 10.8. The molecule has 3 rings (SSSR count). The lowest BCUT2D eigenvalue weighted by Crippen LogP contribution is -2.39. The Morgan fingerprint density at radius 3 is 2.94 bits per heavy atom. The number of ether oxygens (including phenoxy) is 1. The molecule has 0 bridgehead atoms. The number of hydrogen-bond donors (Lipinski definition) is 1. The molecule has 1 aliphatic heterocycles. The first-order chi connectivity index (χ1) is 8.00. The van der Waals surface area contributed by atoms with Crippen LogP contribution in [0.1, 0.15) is 48.6 Å². The Bertz CT molecular complexity index is 462. The van der Waals surface area contributed by atoms with Crippen LogP contribution in [0.5, 0.6) is 0 Å². The van der Waals surface area contributed by atoms with E-state index in [1.165, 1.54) is 23.1 Å². The molecule has 2 aliphatic rings. The minimum atomic E-state index is -0.828. The first-order valence-corrected chi connectivity index (χ1v) is 6.47. The fraction of sp³-hybridized carbons (Fsp3) is 0.600. The van der Waals surface area contributed by atoms with E-state index >= 15 is 0 Å². The highest BCUT2D eigenvalue weighted by Crippen LogP contribution is 2.46. The predicted molar refractivity (Wildman–Crippen MR) is 66.9 cm³/mol. The van der Waals surface area contributed by atoms with Gasteiger partial charge in [-0.2, -0.15) is 0 Å². The molecule has 1 aromatic carbocycles. The van der Waals surface area contributed by atoms with Crippen LogP contribution in [0.4, 0.5) is 0 Å². The minimum absolute atomic E-state index is 0.189. The van der Waals surface area contributed by atoms with E-state index in [4.69, 9.17) is 4.74 Å². The van der Waals surface area contributed by atoms with Crippen LogP contribution in [0.15, 0.2) is 12.1 Å². The highest BCUT2D eigenvalue weighted by molar-refractivity contribution is 5.47. The Balaban J connectivity index is 2.25. The van der Waals surface area contributed by atoms with Gasteiger partial charge in [-0.15, -0.1) is 0 Å². The summed E-state index contributed by atoms with van der Waals surface area (Å²) in [5.41, 5.74) is 4.28. The van der Waals surface area contributed by atoms with Crippen LogP contribution in [-0.4, -0.2) is 11.7 Å². The van der Waals surface area contributed by atoms with Crippen molar-refractivity contribution in [3.8, 4) is 0 Å². The standard InChI is InChI=1S/C15H20O2/c1-9-5-7-12-13-11(9)6-4-10(2)14(13)17-8-15(12,3)16/h5,7,10,14,16H,4,6,8H2,1-3H3. The first-order valence-electron chi connectivity index (χ1n) is 6.47. The third kappa shape index (κ3) is 1.54. The summed E-state index contributed by atoms with van der Waals surface area (Å²) < 4.78 is 5.92. The van der Waals surface area contributed by atoms with Crippen molar-refractivity contribution in [2.75, 3.05) is 6.61 Å². The Labute approximate surface area is 103 Å². The monoisotopic (exact) mass is 232 g/mol. The summed E-state index contributed by atoms with van der Waals surface area (Å²) in [7, 11) is 0. The molecule has 0 fully saturated rings. The van der Waals surface area contributed by atoms with E-state index in [9.17, 15) is 5.11 Å². The molecule has 92 valence electrons. The van der Waals surface area contributed by atoms with Gasteiger partial charge < -0.3 is 9.84 Å². The molecule has 2 heteroatoms. The van der Waals surface area contributed by atoms with Crippen molar-refractivity contribution in [1.29, 1.82) is 0 Å². The second-order valence-electron chi connectivity index (χ2n) is 5.84. The second kappa shape index (κ2) is 3.56. The van der Waals surface area contributed by atoms with Crippen molar-refractivity contribution in [2.24, 2.45) is 5.92 Å². The smallest absolute Gasteiger partial charge is 0.110 e. The molecule has 1 aromatic rings. The van der Waals surface area contributed by atoms with Crippen molar-refractivity contribution < 1.29 is 9.84 Å². The van der Waals surface area contributed by atoms with E-state index in [2.05, 4.69) is 26.0 Å². The molecule has 3 unspecified atom stereocenters. The van der Waals surface area contributed by atoms with E-state index in [-0.39, 0.29) is 6.10 Å². The molecule has 1 N–H and O–H groups in total. The third-order valence-corrected chi connectivity index (χ3v) is 4.37. The predicted octanol–water partition coefficient (Wildman–Crippen LogP) is 2.86. The van der Waals surface area contributed by atoms with Crippen LogP contribution >= 0.6 is 0 Å². The van der Waals surface area contributed by atoms with E-state index in [1.54, 1.807) is 0 Å². The summed E-state index contributed by atoms with van der Waals surface area (Å²) in [6.45, 7) is 6.68. The van der Waals surface area contributed by atoms with Crippen LogP contribution in [0.3, 0.4) is 0 Å². The molecule has 1 aliphatic carbocycles. The molecular weight excluding hydrogens is 212 g/mol. The lowest BCUT2D eigenvalue weighted by Gasteiger charge is -2.42. The number of hydrogen-bond acceptors (Lipinski definition) is 2. The zero-order valence-electron chi connectivity index (χ0n) is 10.8. The molecular formula is C15H20O2. The average Bonchev–Trinajstić information content (AvgIpc) is 2.27. The van der Waals surface area contributed by atoms with Gasteiger partial charge in [0.1, 0.15) is 5.60 Å². The maximum atomic E-state index is 10.4. The summed E-state index contributed by atoms with van der Waals surface area (Å²) >= 11 is 0. The van der Waals surface area contributed by atoms with Crippen LogP contribution in [0, 0.1) is 12.8 Å². The zero-order chi connectivity index (χ0) is 12.2. The highest BCUT2D eigenvalue weighted by atomic mass is 16.5. The Kier molecular flexibility index (Phi) is 2.36. The molecule has 0 amide bonds. The largest absolute Gasteiger partial charge is 0.383 e. The first kappa shape index (κ1) is 11.2. The quantitative estimate of drug-likeness (QED) is 0.745. The van der Waals surface area contributed by atoms with Crippen molar-refractivity contribution in [3.05, 3.63) is 34.4 Å². The van der Waals surface area contributed by atoms with Gasteiger partial charge in [-0.1, -0.05) is 19.1 Å². The molecule has 0 saturated heterocycles. The third-order valence-electron chi connectivity index (χ3n) is 4.37. The lowest BCUT2D eigenvalue weighted by atomic mass is 9.74. The van der Waals surface area contributed by atoms with Crippen LogP contribution < -0.4 is 0 Å². The van der Waals surface area contributed by atoms with Crippen LogP contribution in [-0.2, 0) is 16.8 Å². The fourth-order valence-electron chi connectivity index (χ4n) is 3.29. The van der Waals surface area contributed by atoms with Gasteiger partial charge in [0.2, 0.25) is 0 Å². The Hall–Kier alpha value is -0.860. The number of aliphatic hydroxyl groups is 1. The normalized spacial score (nSPS) is 35.5. The average molecular weight is 232 g/mol. The van der Waals surface area contributed by atoms with Crippen LogP contribution in [0.25, 0.3) is 0 Å². The lowest BCUT2D eigenvalue weighted by molar-refractivity contribution is -0.106. The van der Waals surface area contributed by atoms with Gasteiger partial charge in [0.25, 0.3) is 0 Å². The molecule has 0 spiro atoms. The molecule has 17 heavy (non-hydrogen) atoms. The van der Waals surface area contributed by atoms with Crippen molar-refractivity contribution in [3.63, 3.8) is 0 Å². The molecule has 2 nitrogen and oxygen atoms in total. The molecule has 0 aromatic heterocycles. The highest BCUT2D eigenvalue weighted by Gasteiger charge is 2.40. The summed E-state index contributed by atoms with van der Waals surface area (Å²) in [5, 5.41) is 10.4. The van der Waals surface area contributed by atoms with E-state index in [0.717, 1.165) is 12.0 Å². The SMILES string of the molecule is Cc1ccc2c3c1CCC(C)C3OCC2(C)O. The van der Waals surface area contributed by atoms with Gasteiger partial charge in [-0.05, 0) is 54.9 Å². The molecule has 0 radical (unpaired) electrons. The number of rotatable bonds is 0. The summed E-state index contributed by atoms with van der Waals surface area (Å²) in [5.74, 6) is 0.555. The van der Waals surface area contributed by atoms with Crippen molar-refractivity contribution in [1.82, 2.24) is 0 Å². The maximum absolute atomic E-state index is 10.4. The van der Waals surface area contributed by atoms with Gasteiger partial charge in [0, 0.05) is 0 Å². The Morgan fingerprint density at radius 1 is 1.41 bits per heavy atom. The fourth-order valence-corrected chi connectivity index (χ4v) is 3.29. The summed E-state index contributed by atoms with van der Waals surface area (Å²) in [6.07, 6.45) is 2.49. The number of aryl methyl sites for hydroxylation is 1. The summed E-state index contributed by atoms with van der Waals surface area (Å²) in [4.78, 5) is 0. The number of benzene rings is 1. The summed E-state index contributed by atoms with van der Waals surface area (Å²) in [6, 6.07) is 4.22. The van der Waals surface area contributed by atoms with Gasteiger partial charge in [-0.25, -0.2) is 0 Å². The molecule has 0 saturated carbocycles. The van der Waals surface area contributed by atoms with E-state index < -0.39 is 5.60 Å². The maximum Gasteiger partial charge on any atom is 0.110 e. The van der Waals surface area contributed by atoms with Gasteiger partial charge in [0.05, 0.1) is 12.7 Å². The van der Waals surface area contributed by atoms with Gasteiger partial charge in [0.15, 0.2) is 0 Å². The van der Waals surface area contributed by atoms with Gasteiger partial charge in [-0.3, -0.25) is 0 Å². The molecule has 3 atom stereocenters. The van der Waals surface area contributed by atoms with Gasteiger partial charge >= 0.3 is 0 Å².